The molecular weight excluding hydrogens is 428 g/mol. The highest BCUT2D eigenvalue weighted by molar-refractivity contribution is 7.80. The van der Waals surface area contributed by atoms with Crippen LogP contribution in [0.2, 0.25) is 0 Å². The van der Waals surface area contributed by atoms with Gasteiger partial charge in [0.25, 0.3) is 0 Å². The number of anilines is 2. The zero-order valence-corrected chi connectivity index (χ0v) is 18.9. The van der Waals surface area contributed by atoms with Crippen LogP contribution in [0.4, 0.5) is 10.7 Å². The number of hydrogen-bond acceptors (Lipinski definition) is 5. The molecule has 4 rings (SSSR count). The Hall–Kier alpha value is -2.90. The third-order valence-electron chi connectivity index (χ3n) is 5.15. The maximum Gasteiger partial charge on any atom is 0.341 e. The molecule has 0 fully saturated rings. The normalized spacial score (nSPS) is 12.5. The summed E-state index contributed by atoms with van der Waals surface area (Å²) in [4.78, 5) is 13.6. The summed E-state index contributed by atoms with van der Waals surface area (Å²) in [5, 5.41) is 7.56. The van der Waals surface area contributed by atoms with Crippen molar-refractivity contribution in [2.45, 2.75) is 32.3 Å². The Labute approximate surface area is 191 Å². The lowest BCUT2D eigenvalue weighted by molar-refractivity contribution is 0.0601. The summed E-state index contributed by atoms with van der Waals surface area (Å²) in [5.41, 5.74) is 3.69. The van der Waals surface area contributed by atoms with E-state index in [1.54, 1.807) is 11.3 Å². The lowest BCUT2D eigenvalue weighted by Gasteiger charge is -2.13. The maximum absolute atomic E-state index is 12.4. The van der Waals surface area contributed by atoms with E-state index in [0.29, 0.717) is 17.3 Å². The standard InChI is InChI=1S/C24H24N2O3S2/c1-28-23(27)21-19-9-5-6-10-20(19)31-22(21)26-24(30)25-17-11-13-18(14-12-17)29-15-16-7-3-2-4-8-16/h2-4,7-8,11-14H,5-6,9-10,15H2,1H3,(H2,25,26,30). The zero-order chi connectivity index (χ0) is 21.6. The molecule has 0 spiro atoms. The van der Waals surface area contributed by atoms with E-state index < -0.39 is 0 Å². The van der Waals surface area contributed by atoms with Crippen LogP contribution in [0.25, 0.3) is 0 Å². The number of thiocarbonyl (C=S) groups is 1. The van der Waals surface area contributed by atoms with Gasteiger partial charge in [0.05, 0.1) is 12.7 Å². The second-order valence-corrected chi connectivity index (χ2v) is 8.80. The van der Waals surface area contributed by atoms with Crippen molar-refractivity contribution in [2.75, 3.05) is 17.7 Å². The SMILES string of the molecule is COC(=O)c1c(NC(=S)Nc2ccc(OCc3ccccc3)cc2)sc2c1CCCC2. The minimum Gasteiger partial charge on any atom is -0.489 e. The molecule has 7 heteroatoms. The number of thiophene rings is 1. The molecule has 0 bridgehead atoms. The van der Waals surface area contributed by atoms with Crippen molar-refractivity contribution < 1.29 is 14.3 Å². The second-order valence-electron chi connectivity index (χ2n) is 7.28. The van der Waals surface area contributed by atoms with Gasteiger partial charge in [0.15, 0.2) is 5.11 Å². The van der Waals surface area contributed by atoms with Crippen molar-refractivity contribution in [2.24, 2.45) is 0 Å². The first-order chi connectivity index (χ1) is 15.1. The van der Waals surface area contributed by atoms with Crippen LogP contribution in [0, 0.1) is 0 Å². The van der Waals surface area contributed by atoms with E-state index in [1.807, 2.05) is 54.6 Å². The Balaban J connectivity index is 1.39. The third-order valence-corrected chi connectivity index (χ3v) is 6.56. The fraction of sp³-hybridized carbons (Fsp3) is 0.250. The second kappa shape index (κ2) is 9.94. The number of ether oxygens (including phenoxy) is 2. The summed E-state index contributed by atoms with van der Waals surface area (Å²) in [6.07, 6.45) is 4.14. The van der Waals surface area contributed by atoms with Gasteiger partial charge in [-0.15, -0.1) is 11.3 Å². The predicted octanol–water partition coefficient (Wildman–Crippen LogP) is 5.80. The fourth-order valence-corrected chi connectivity index (χ4v) is 5.18. The van der Waals surface area contributed by atoms with Crippen molar-refractivity contribution in [3.63, 3.8) is 0 Å². The van der Waals surface area contributed by atoms with Crippen molar-refractivity contribution in [1.82, 2.24) is 0 Å². The maximum atomic E-state index is 12.4. The van der Waals surface area contributed by atoms with Crippen LogP contribution in [0.15, 0.2) is 54.6 Å². The van der Waals surface area contributed by atoms with Gasteiger partial charge in [-0.2, -0.15) is 0 Å². The summed E-state index contributed by atoms with van der Waals surface area (Å²) < 4.78 is 10.8. The average molecular weight is 453 g/mol. The van der Waals surface area contributed by atoms with Crippen molar-refractivity contribution in [3.8, 4) is 5.75 Å². The largest absolute Gasteiger partial charge is 0.489 e. The van der Waals surface area contributed by atoms with Gasteiger partial charge in [0.2, 0.25) is 0 Å². The number of rotatable bonds is 6. The minimum atomic E-state index is -0.315. The number of nitrogens with one attached hydrogen (secondary N) is 2. The molecule has 160 valence electrons. The average Bonchev–Trinajstić information content (AvgIpc) is 3.16. The van der Waals surface area contributed by atoms with Gasteiger partial charge in [-0.3, -0.25) is 0 Å². The first-order valence-electron chi connectivity index (χ1n) is 10.2. The number of carbonyl (C=O) groups is 1. The Bertz CT molecular complexity index is 1060. The number of hydrogen-bond donors (Lipinski definition) is 2. The minimum absolute atomic E-state index is 0.315. The molecule has 1 aliphatic rings. The molecule has 0 radical (unpaired) electrons. The highest BCUT2D eigenvalue weighted by atomic mass is 32.1. The van der Waals surface area contributed by atoms with E-state index in [-0.39, 0.29) is 5.97 Å². The van der Waals surface area contributed by atoms with Gasteiger partial charge < -0.3 is 20.1 Å². The van der Waals surface area contributed by atoms with E-state index in [9.17, 15) is 4.79 Å². The summed E-state index contributed by atoms with van der Waals surface area (Å²) in [6.45, 7) is 0.521. The van der Waals surface area contributed by atoms with Crippen LogP contribution < -0.4 is 15.4 Å². The molecule has 3 aromatic rings. The molecule has 31 heavy (non-hydrogen) atoms. The first-order valence-corrected chi connectivity index (χ1v) is 11.4. The fourth-order valence-electron chi connectivity index (χ4n) is 3.61. The number of benzene rings is 2. The number of esters is 1. The van der Waals surface area contributed by atoms with E-state index in [1.165, 1.54) is 12.0 Å². The Morgan fingerprint density at radius 1 is 1.03 bits per heavy atom. The third kappa shape index (κ3) is 5.24. The summed E-state index contributed by atoms with van der Waals surface area (Å²) in [5.74, 6) is 0.469. The molecule has 5 nitrogen and oxygen atoms in total. The van der Waals surface area contributed by atoms with Gasteiger partial charge in [-0.1, -0.05) is 30.3 Å². The van der Waals surface area contributed by atoms with E-state index >= 15 is 0 Å². The van der Waals surface area contributed by atoms with Crippen molar-refractivity contribution >= 4 is 45.3 Å². The lowest BCUT2D eigenvalue weighted by Crippen LogP contribution is -2.20. The van der Waals surface area contributed by atoms with Gasteiger partial charge in [0, 0.05) is 10.6 Å². The van der Waals surface area contributed by atoms with Crippen LogP contribution in [0.3, 0.4) is 0 Å². The molecule has 0 amide bonds. The highest BCUT2D eigenvalue weighted by Crippen LogP contribution is 2.38. The number of carbonyl (C=O) groups excluding carboxylic acids is 1. The number of fused-ring (bicyclic) bond motifs is 1. The van der Waals surface area contributed by atoms with Gasteiger partial charge in [0.1, 0.15) is 17.4 Å². The summed E-state index contributed by atoms with van der Waals surface area (Å²) >= 11 is 7.08. The molecule has 0 atom stereocenters. The van der Waals surface area contributed by atoms with Crippen molar-refractivity contribution in [1.29, 1.82) is 0 Å². The summed E-state index contributed by atoms with van der Waals surface area (Å²) in [6, 6.07) is 17.7. The Morgan fingerprint density at radius 3 is 2.52 bits per heavy atom. The Morgan fingerprint density at radius 2 is 1.77 bits per heavy atom. The molecule has 0 aliphatic heterocycles. The Kier molecular flexibility index (Phi) is 6.84. The molecule has 1 aliphatic carbocycles. The van der Waals surface area contributed by atoms with Crippen LogP contribution >= 0.6 is 23.6 Å². The number of methoxy groups -OCH3 is 1. The van der Waals surface area contributed by atoms with E-state index in [4.69, 9.17) is 21.7 Å². The van der Waals surface area contributed by atoms with Gasteiger partial charge >= 0.3 is 5.97 Å². The van der Waals surface area contributed by atoms with Crippen LogP contribution in [-0.4, -0.2) is 18.2 Å². The molecule has 2 aromatic carbocycles. The van der Waals surface area contributed by atoms with Crippen LogP contribution in [0.1, 0.15) is 39.2 Å². The molecule has 1 heterocycles. The predicted molar refractivity (Wildman–Crippen MR) is 129 cm³/mol. The molecule has 0 unspecified atom stereocenters. The van der Waals surface area contributed by atoms with E-state index in [0.717, 1.165) is 53.2 Å². The smallest absolute Gasteiger partial charge is 0.341 e. The quantitative estimate of drug-likeness (QED) is 0.364. The van der Waals surface area contributed by atoms with Gasteiger partial charge in [-0.05, 0) is 73.3 Å². The first kappa shape index (κ1) is 21.3. The van der Waals surface area contributed by atoms with Crippen LogP contribution in [0.5, 0.6) is 5.75 Å². The molecule has 2 N–H and O–H groups in total. The van der Waals surface area contributed by atoms with Crippen LogP contribution in [-0.2, 0) is 24.2 Å². The topological polar surface area (TPSA) is 59.6 Å². The zero-order valence-electron chi connectivity index (χ0n) is 17.3. The lowest BCUT2D eigenvalue weighted by atomic mass is 9.95. The molecule has 1 aromatic heterocycles. The summed E-state index contributed by atoms with van der Waals surface area (Å²) in [7, 11) is 1.41. The molecule has 0 saturated carbocycles. The number of aryl methyl sites for hydroxylation is 1. The highest BCUT2D eigenvalue weighted by Gasteiger charge is 2.26. The van der Waals surface area contributed by atoms with Crippen molar-refractivity contribution in [3.05, 3.63) is 76.2 Å². The monoisotopic (exact) mass is 452 g/mol. The van der Waals surface area contributed by atoms with Gasteiger partial charge in [-0.25, -0.2) is 4.79 Å². The molecular formula is C24H24N2O3S2. The van der Waals surface area contributed by atoms with E-state index in [2.05, 4.69) is 10.6 Å². The molecule has 0 saturated heterocycles.